The number of anilines is 2. The van der Waals surface area contributed by atoms with E-state index in [1.165, 1.54) is 6.07 Å². The molecule has 0 atom stereocenters. The molecule has 1 aliphatic heterocycles. The van der Waals surface area contributed by atoms with E-state index in [0.717, 1.165) is 12.0 Å². The first-order valence-corrected chi connectivity index (χ1v) is 9.42. The number of nitrogens with zero attached hydrogens (tertiary/aromatic N) is 1. The van der Waals surface area contributed by atoms with Crippen molar-refractivity contribution in [2.75, 3.05) is 16.2 Å². The van der Waals surface area contributed by atoms with E-state index in [1.54, 1.807) is 41.3 Å². The third-order valence-electron chi connectivity index (χ3n) is 3.86. The van der Waals surface area contributed by atoms with E-state index in [9.17, 15) is 13.2 Å². The topological polar surface area (TPSA) is 66.5 Å². The van der Waals surface area contributed by atoms with Crippen LogP contribution < -0.4 is 9.62 Å². The van der Waals surface area contributed by atoms with Crippen LogP contribution in [0.15, 0.2) is 47.4 Å². The SMILES string of the molecule is Cc1ccc(S(=O)(=O)Nc2cccc(N3CCCC3=O)c2)c(Cl)c1. The highest BCUT2D eigenvalue weighted by Crippen LogP contribution is 2.28. The molecule has 0 aromatic heterocycles. The lowest BCUT2D eigenvalue weighted by Gasteiger charge is -2.17. The highest BCUT2D eigenvalue weighted by atomic mass is 35.5. The Kier molecular flexibility index (Phi) is 4.51. The number of sulfonamides is 1. The molecule has 2 aromatic rings. The van der Waals surface area contributed by atoms with E-state index in [2.05, 4.69) is 4.72 Å². The summed E-state index contributed by atoms with van der Waals surface area (Å²) in [5, 5.41) is 0.174. The van der Waals surface area contributed by atoms with Crippen molar-refractivity contribution in [3.05, 3.63) is 53.1 Å². The maximum Gasteiger partial charge on any atom is 0.263 e. The lowest BCUT2D eigenvalue weighted by atomic mass is 10.2. The van der Waals surface area contributed by atoms with Crippen LogP contribution in [0, 0.1) is 6.92 Å². The van der Waals surface area contributed by atoms with Crippen LogP contribution in [0.25, 0.3) is 0 Å². The van der Waals surface area contributed by atoms with Crippen LogP contribution in [0.3, 0.4) is 0 Å². The summed E-state index contributed by atoms with van der Waals surface area (Å²) in [6.45, 7) is 2.49. The Morgan fingerprint density at radius 1 is 1.17 bits per heavy atom. The van der Waals surface area contributed by atoms with Crippen molar-refractivity contribution < 1.29 is 13.2 Å². The summed E-state index contributed by atoms with van der Waals surface area (Å²) in [6.07, 6.45) is 1.34. The molecule has 1 N–H and O–H groups in total. The van der Waals surface area contributed by atoms with E-state index in [0.29, 0.717) is 24.3 Å². The predicted molar refractivity (Wildman–Crippen MR) is 95.0 cm³/mol. The molecule has 1 amide bonds. The van der Waals surface area contributed by atoms with Gasteiger partial charge >= 0.3 is 0 Å². The van der Waals surface area contributed by atoms with Crippen LogP contribution in [-0.2, 0) is 14.8 Å². The maximum absolute atomic E-state index is 12.6. The fourth-order valence-corrected chi connectivity index (χ4v) is 4.34. The number of carbonyl (C=O) groups is 1. The Bertz CT molecular complexity index is 896. The van der Waals surface area contributed by atoms with Gasteiger partial charge in [0.2, 0.25) is 5.91 Å². The smallest absolute Gasteiger partial charge is 0.263 e. The van der Waals surface area contributed by atoms with Gasteiger partial charge in [0, 0.05) is 18.7 Å². The maximum atomic E-state index is 12.6. The molecule has 1 heterocycles. The third kappa shape index (κ3) is 3.39. The van der Waals surface area contributed by atoms with Gasteiger partial charge in [0.1, 0.15) is 4.90 Å². The Balaban J connectivity index is 1.89. The molecule has 1 fully saturated rings. The molecule has 5 nitrogen and oxygen atoms in total. The molecule has 1 saturated heterocycles. The van der Waals surface area contributed by atoms with E-state index in [1.807, 2.05) is 6.92 Å². The second kappa shape index (κ2) is 6.45. The number of hydrogen-bond donors (Lipinski definition) is 1. The third-order valence-corrected chi connectivity index (χ3v) is 5.72. The number of nitrogens with one attached hydrogen (secondary N) is 1. The van der Waals surface area contributed by atoms with E-state index >= 15 is 0 Å². The van der Waals surface area contributed by atoms with Crippen molar-refractivity contribution in [3.8, 4) is 0 Å². The van der Waals surface area contributed by atoms with Gasteiger partial charge in [-0.3, -0.25) is 9.52 Å². The summed E-state index contributed by atoms with van der Waals surface area (Å²) >= 11 is 6.06. The van der Waals surface area contributed by atoms with Gasteiger partial charge in [-0.25, -0.2) is 8.42 Å². The van der Waals surface area contributed by atoms with Gasteiger partial charge in [0.05, 0.1) is 10.7 Å². The molecule has 0 bridgehead atoms. The minimum absolute atomic E-state index is 0.0254. The van der Waals surface area contributed by atoms with Crippen LogP contribution in [0.5, 0.6) is 0 Å². The lowest BCUT2D eigenvalue weighted by molar-refractivity contribution is -0.117. The van der Waals surface area contributed by atoms with Crippen LogP contribution in [0.4, 0.5) is 11.4 Å². The summed E-state index contributed by atoms with van der Waals surface area (Å²) in [6, 6.07) is 11.6. The average molecular weight is 365 g/mol. The summed E-state index contributed by atoms with van der Waals surface area (Å²) in [5.41, 5.74) is 1.96. The molecule has 0 unspecified atom stereocenters. The highest BCUT2D eigenvalue weighted by molar-refractivity contribution is 7.92. The van der Waals surface area contributed by atoms with E-state index in [-0.39, 0.29) is 15.8 Å². The van der Waals surface area contributed by atoms with Crippen molar-refractivity contribution in [1.82, 2.24) is 0 Å². The standard InChI is InChI=1S/C17H17ClN2O3S/c1-12-7-8-16(15(18)10-12)24(22,23)19-13-4-2-5-14(11-13)20-9-3-6-17(20)21/h2,4-5,7-8,10-11,19H,3,6,9H2,1H3. The van der Waals surface area contributed by atoms with Crippen molar-refractivity contribution in [1.29, 1.82) is 0 Å². The number of aryl methyl sites for hydroxylation is 1. The Morgan fingerprint density at radius 3 is 2.62 bits per heavy atom. The Morgan fingerprint density at radius 2 is 1.96 bits per heavy atom. The zero-order chi connectivity index (χ0) is 17.3. The number of rotatable bonds is 4. The molecule has 24 heavy (non-hydrogen) atoms. The average Bonchev–Trinajstić information content (AvgIpc) is 2.92. The van der Waals surface area contributed by atoms with Gasteiger partial charge in [-0.05, 0) is 49.2 Å². The first kappa shape index (κ1) is 16.8. The van der Waals surface area contributed by atoms with Gasteiger partial charge < -0.3 is 4.90 Å². The fraction of sp³-hybridized carbons (Fsp3) is 0.235. The monoisotopic (exact) mass is 364 g/mol. The zero-order valence-electron chi connectivity index (χ0n) is 13.1. The number of amides is 1. The second-order valence-corrected chi connectivity index (χ2v) is 7.80. The molecule has 0 spiro atoms. The number of carbonyl (C=O) groups excluding carboxylic acids is 1. The Labute approximate surface area is 146 Å². The molecule has 3 rings (SSSR count). The minimum atomic E-state index is -3.80. The molecule has 7 heteroatoms. The van der Waals surface area contributed by atoms with Gasteiger partial charge in [-0.2, -0.15) is 0 Å². The van der Waals surface area contributed by atoms with Crippen LogP contribution in [-0.4, -0.2) is 20.9 Å². The van der Waals surface area contributed by atoms with Gasteiger partial charge in [0.15, 0.2) is 0 Å². The molecule has 0 radical (unpaired) electrons. The fourth-order valence-electron chi connectivity index (χ4n) is 2.69. The first-order chi connectivity index (χ1) is 11.4. The van der Waals surface area contributed by atoms with Crippen LogP contribution >= 0.6 is 11.6 Å². The summed E-state index contributed by atoms with van der Waals surface area (Å²) < 4.78 is 27.6. The summed E-state index contributed by atoms with van der Waals surface area (Å²) in [5.74, 6) is 0.0524. The van der Waals surface area contributed by atoms with Crippen molar-refractivity contribution in [2.24, 2.45) is 0 Å². The van der Waals surface area contributed by atoms with Crippen LogP contribution in [0.2, 0.25) is 5.02 Å². The number of halogens is 1. The summed E-state index contributed by atoms with van der Waals surface area (Å²) in [7, 11) is -3.80. The quantitative estimate of drug-likeness (QED) is 0.901. The molecule has 2 aromatic carbocycles. The second-order valence-electron chi connectivity index (χ2n) is 5.74. The largest absolute Gasteiger partial charge is 0.312 e. The number of benzene rings is 2. The lowest BCUT2D eigenvalue weighted by Crippen LogP contribution is -2.23. The highest BCUT2D eigenvalue weighted by Gasteiger charge is 2.23. The molecular formula is C17H17ClN2O3S. The molecule has 0 saturated carbocycles. The first-order valence-electron chi connectivity index (χ1n) is 7.56. The zero-order valence-corrected chi connectivity index (χ0v) is 14.7. The van der Waals surface area contributed by atoms with Crippen molar-refractivity contribution >= 4 is 38.9 Å². The number of hydrogen-bond acceptors (Lipinski definition) is 3. The van der Waals surface area contributed by atoms with E-state index < -0.39 is 10.0 Å². The summed E-state index contributed by atoms with van der Waals surface area (Å²) in [4.78, 5) is 13.5. The molecule has 0 aliphatic carbocycles. The minimum Gasteiger partial charge on any atom is -0.312 e. The van der Waals surface area contributed by atoms with Gasteiger partial charge in [-0.15, -0.1) is 0 Å². The van der Waals surface area contributed by atoms with Gasteiger partial charge in [-0.1, -0.05) is 23.7 Å². The van der Waals surface area contributed by atoms with Crippen molar-refractivity contribution in [3.63, 3.8) is 0 Å². The normalized spacial score (nSPS) is 14.9. The predicted octanol–water partition coefficient (Wildman–Crippen LogP) is 3.58. The van der Waals surface area contributed by atoms with E-state index in [4.69, 9.17) is 11.6 Å². The Hall–Kier alpha value is -2.05. The van der Waals surface area contributed by atoms with Crippen LogP contribution in [0.1, 0.15) is 18.4 Å². The molecule has 126 valence electrons. The van der Waals surface area contributed by atoms with Crippen molar-refractivity contribution in [2.45, 2.75) is 24.7 Å². The molecular weight excluding hydrogens is 348 g/mol. The van der Waals surface area contributed by atoms with Gasteiger partial charge in [0.25, 0.3) is 10.0 Å². The molecule has 1 aliphatic rings.